The van der Waals surface area contributed by atoms with E-state index in [1.54, 1.807) is 0 Å². The average molecular weight is 195 g/mol. The van der Waals surface area contributed by atoms with Crippen molar-refractivity contribution in [1.29, 1.82) is 0 Å². The van der Waals surface area contributed by atoms with Gasteiger partial charge in [-0.25, -0.2) is 4.98 Å². The SMILES string of the molecule is CCNCc1cc(=O)[nH]c(C(C)C)n1. The Bertz CT molecular complexity index is 343. The van der Waals surface area contributed by atoms with Crippen LogP contribution in [-0.4, -0.2) is 16.5 Å². The third kappa shape index (κ3) is 2.96. The van der Waals surface area contributed by atoms with Gasteiger partial charge in [-0.15, -0.1) is 0 Å². The zero-order valence-corrected chi connectivity index (χ0v) is 8.92. The zero-order valence-electron chi connectivity index (χ0n) is 8.92. The minimum absolute atomic E-state index is 0.0726. The van der Waals surface area contributed by atoms with Gasteiger partial charge in [0.2, 0.25) is 0 Å². The standard InChI is InChI=1S/C10H17N3O/c1-4-11-6-8-5-9(14)13-10(12-8)7(2)3/h5,7,11H,4,6H2,1-3H3,(H,12,13,14). The number of hydrogen-bond donors (Lipinski definition) is 2. The lowest BCUT2D eigenvalue weighted by Gasteiger charge is -2.06. The summed E-state index contributed by atoms with van der Waals surface area (Å²) in [5, 5.41) is 3.14. The largest absolute Gasteiger partial charge is 0.311 e. The Kier molecular flexibility index (Phi) is 3.83. The number of aromatic amines is 1. The van der Waals surface area contributed by atoms with Gasteiger partial charge in [-0.1, -0.05) is 20.8 Å². The fourth-order valence-electron chi connectivity index (χ4n) is 1.15. The maximum Gasteiger partial charge on any atom is 0.251 e. The molecule has 0 unspecified atom stereocenters. The smallest absolute Gasteiger partial charge is 0.251 e. The third-order valence-corrected chi connectivity index (χ3v) is 1.92. The molecule has 1 aromatic heterocycles. The van der Waals surface area contributed by atoms with E-state index in [0.717, 1.165) is 18.1 Å². The van der Waals surface area contributed by atoms with Gasteiger partial charge in [0.15, 0.2) is 0 Å². The molecule has 0 atom stereocenters. The van der Waals surface area contributed by atoms with Gasteiger partial charge in [-0.2, -0.15) is 0 Å². The molecule has 0 saturated heterocycles. The molecule has 1 rings (SSSR count). The molecule has 0 aliphatic heterocycles. The fraction of sp³-hybridized carbons (Fsp3) is 0.600. The fourth-order valence-corrected chi connectivity index (χ4v) is 1.15. The van der Waals surface area contributed by atoms with Gasteiger partial charge in [0.05, 0.1) is 5.69 Å². The van der Waals surface area contributed by atoms with E-state index in [1.807, 2.05) is 20.8 Å². The number of hydrogen-bond acceptors (Lipinski definition) is 3. The lowest BCUT2D eigenvalue weighted by Crippen LogP contribution is -2.19. The lowest BCUT2D eigenvalue weighted by molar-refractivity contribution is 0.683. The molecule has 1 aromatic rings. The van der Waals surface area contributed by atoms with E-state index in [1.165, 1.54) is 6.07 Å². The summed E-state index contributed by atoms with van der Waals surface area (Å²) in [5.41, 5.74) is 0.732. The molecule has 4 heteroatoms. The minimum Gasteiger partial charge on any atom is -0.311 e. The molecule has 14 heavy (non-hydrogen) atoms. The van der Waals surface area contributed by atoms with Gasteiger partial charge in [-0.3, -0.25) is 4.79 Å². The van der Waals surface area contributed by atoms with Crippen molar-refractivity contribution in [1.82, 2.24) is 15.3 Å². The van der Waals surface area contributed by atoms with Gasteiger partial charge < -0.3 is 10.3 Å². The van der Waals surface area contributed by atoms with Crippen LogP contribution in [0, 0.1) is 0 Å². The number of rotatable bonds is 4. The summed E-state index contributed by atoms with van der Waals surface area (Å²) in [7, 11) is 0. The Hall–Kier alpha value is -1.16. The Balaban J connectivity index is 2.90. The van der Waals surface area contributed by atoms with Crippen LogP contribution in [0.15, 0.2) is 10.9 Å². The molecule has 0 aliphatic rings. The van der Waals surface area contributed by atoms with Crippen molar-refractivity contribution in [2.24, 2.45) is 0 Å². The molecule has 0 radical (unpaired) electrons. The summed E-state index contributed by atoms with van der Waals surface area (Å²) in [4.78, 5) is 18.3. The highest BCUT2D eigenvalue weighted by Crippen LogP contribution is 2.06. The van der Waals surface area contributed by atoms with Crippen molar-refractivity contribution in [3.05, 3.63) is 27.9 Å². The van der Waals surface area contributed by atoms with Crippen LogP contribution in [0.25, 0.3) is 0 Å². The summed E-state index contributed by atoms with van der Waals surface area (Å²) >= 11 is 0. The van der Waals surface area contributed by atoms with E-state index < -0.39 is 0 Å². The normalized spacial score (nSPS) is 10.9. The van der Waals surface area contributed by atoms with Crippen LogP contribution in [0.4, 0.5) is 0 Å². The van der Waals surface area contributed by atoms with E-state index >= 15 is 0 Å². The molecule has 0 aliphatic carbocycles. The van der Waals surface area contributed by atoms with Crippen LogP contribution in [0.2, 0.25) is 0 Å². The van der Waals surface area contributed by atoms with Crippen LogP contribution in [0.3, 0.4) is 0 Å². The Morgan fingerprint density at radius 1 is 1.57 bits per heavy atom. The monoisotopic (exact) mass is 195 g/mol. The molecular weight excluding hydrogens is 178 g/mol. The van der Waals surface area contributed by atoms with Crippen LogP contribution in [0.1, 0.15) is 38.2 Å². The first-order valence-electron chi connectivity index (χ1n) is 4.94. The van der Waals surface area contributed by atoms with Crippen LogP contribution in [-0.2, 0) is 6.54 Å². The van der Waals surface area contributed by atoms with Crippen LogP contribution in [0.5, 0.6) is 0 Å². The van der Waals surface area contributed by atoms with Gasteiger partial charge in [-0.05, 0) is 6.54 Å². The van der Waals surface area contributed by atoms with Crippen molar-refractivity contribution < 1.29 is 0 Å². The third-order valence-electron chi connectivity index (χ3n) is 1.92. The zero-order chi connectivity index (χ0) is 10.6. The first-order chi connectivity index (χ1) is 6.63. The molecule has 0 amide bonds. The summed E-state index contributed by atoms with van der Waals surface area (Å²) in [5.74, 6) is 1.01. The summed E-state index contributed by atoms with van der Waals surface area (Å²) in [6.45, 7) is 7.58. The molecule has 4 nitrogen and oxygen atoms in total. The van der Waals surface area contributed by atoms with Crippen molar-refractivity contribution in [2.45, 2.75) is 33.2 Å². The second kappa shape index (κ2) is 4.91. The maximum atomic E-state index is 11.3. The number of nitrogens with one attached hydrogen (secondary N) is 2. The first kappa shape index (κ1) is 10.9. The van der Waals surface area contributed by atoms with E-state index in [0.29, 0.717) is 6.54 Å². The highest BCUT2D eigenvalue weighted by atomic mass is 16.1. The summed E-state index contributed by atoms with van der Waals surface area (Å²) < 4.78 is 0. The molecule has 78 valence electrons. The predicted octanol–water partition coefficient (Wildman–Crippen LogP) is 1.00. The molecule has 0 spiro atoms. The Morgan fingerprint density at radius 3 is 2.86 bits per heavy atom. The minimum atomic E-state index is -0.0726. The van der Waals surface area contributed by atoms with Crippen LogP contribution >= 0.6 is 0 Å². The van der Waals surface area contributed by atoms with Crippen molar-refractivity contribution in [2.75, 3.05) is 6.54 Å². The maximum absolute atomic E-state index is 11.3. The topological polar surface area (TPSA) is 57.8 Å². The summed E-state index contributed by atoms with van der Waals surface area (Å²) in [6.07, 6.45) is 0. The molecule has 0 bridgehead atoms. The van der Waals surface area contributed by atoms with Crippen molar-refractivity contribution in [3.63, 3.8) is 0 Å². The van der Waals surface area contributed by atoms with E-state index in [2.05, 4.69) is 15.3 Å². The molecular formula is C10H17N3O. The molecule has 0 fully saturated rings. The molecule has 2 N–H and O–H groups in total. The molecule has 1 heterocycles. The quantitative estimate of drug-likeness (QED) is 0.753. The summed E-state index contributed by atoms with van der Waals surface area (Å²) in [6, 6.07) is 1.54. The van der Waals surface area contributed by atoms with Crippen LogP contribution < -0.4 is 10.9 Å². The second-order valence-electron chi connectivity index (χ2n) is 3.56. The lowest BCUT2D eigenvalue weighted by atomic mass is 10.2. The highest BCUT2D eigenvalue weighted by molar-refractivity contribution is 5.04. The Morgan fingerprint density at radius 2 is 2.29 bits per heavy atom. The number of aromatic nitrogens is 2. The van der Waals surface area contributed by atoms with Crippen molar-refractivity contribution in [3.8, 4) is 0 Å². The average Bonchev–Trinajstić information content (AvgIpc) is 2.14. The van der Waals surface area contributed by atoms with Crippen molar-refractivity contribution >= 4 is 0 Å². The van der Waals surface area contributed by atoms with Gasteiger partial charge in [0, 0.05) is 18.5 Å². The number of H-pyrrole nitrogens is 1. The predicted molar refractivity (Wildman–Crippen MR) is 56.3 cm³/mol. The van der Waals surface area contributed by atoms with E-state index in [-0.39, 0.29) is 11.5 Å². The molecule has 0 aromatic carbocycles. The highest BCUT2D eigenvalue weighted by Gasteiger charge is 2.04. The Labute approximate surface area is 83.8 Å². The molecule has 0 saturated carbocycles. The van der Waals surface area contributed by atoms with Gasteiger partial charge in [0.25, 0.3) is 5.56 Å². The van der Waals surface area contributed by atoms with E-state index in [4.69, 9.17) is 0 Å². The number of nitrogens with zero attached hydrogens (tertiary/aromatic N) is 1. The first-order valence-corrected chi connectivity index (χ1v) is 4.94. The second-order valence-corrected chi connectivity index (χ2v) is 3.56. The van der Waals surface area contributed by atoms with Gasteiger partial charge >= 0.3 is 0 Å². The van der Waals surface area contributed by atoms with Gasteiger partial charge in [0.1, 0.15) is 5.82 Å². The van der Waals surface area contributed by atoms with E-state index in [9.17, 15) is 4.79 Å².